The third-order valence-corrected chi connectivity index (χ3v) is 3.75. The molecule has 0 spiro atoms. The summed E-state index contributed by atoms with van der Waals surface area (Å²) in [5, 5.41) is 6.61. The molecule has 0 aliphatic carbocycles. The molecule has 3 rings (SSSR count). The van der Waals surface area contributed by atoms with E-state index in [4.69, 9.17) is 11.6 Å². The number of rotatable bonds is 2. The van der Waals surface area contributed by atoms with Crippen LogP contribution in [0.3, 0.4) is 0 Å². The minimum atomic E-state index is 0.774. The summed E-state index contributed by atoms with van der Waals surface area (Å²) in [5.41, 5.74) is 3.09. The highest BCUT2D eigenvalue weighted by atomic mass is 35.5. The summed E-state index contributed by atoms with van der Waals surface area (Å²) in [5.74, 6) is 0. The summed E-state index contributed by atoms with van der Waals surface area (Å²) in [6.07, 6.45) is 0. The molecule has 0 atom stereocenters. The van der Waals surface area contributed by atoms with Gasteiger partial charge in [-0.25, -0.2) is 0 Å². The Morgan fingerprint density at radius 1 is 0.789 bits per heavy atom. The number of benzene rings is 3. The van der Waals surface area contributed by atoms with Crippen LogP contribution in [0.25, 0.3) is 10.8 Å². The molecule has 0 unspecified atom stereocenters. The van der Waals surface area contributed by atoms with Gasteiger partial charge in [0.05, 0.1) is 10.7 Å². The van der Waals surface area contributed by atoms with Crippen LogP contribution in [0, 0.1) is 6.92 Å². The minimum Gasteiger partial charge on any atom is -0.354 e. The van der Waals surface area contributed by atoms with Crippen LogP contribution in [-0.2, 0) is 0 Å². The van der Waals surface area contributed by atoms with Gasteiger partial charge in [-0.1, -0.05) is 60.1 Å². The number of halogens is 1. The smallest absolute Gasteiger partial charge is 0.0670 e. The Hall–Kier alpha value is -1.99. The summed E-state index contributed by atoms with van der Waals surface area (Å²) in [6.45, 7) is 2.01. The molecular formula is C17H14ClN. The average Bonchev–Trinajstić information content (AvgIpc) is 2.44. The molecule has 0 saturated heterocycles. The zero-order chi connectivity index (χ0) is 13.2. The van der Waals surface area contributed by atoms with Crippen molar-refractivity contribution in [1.29, 1.82) is 0 Å². The van der Waals surface area contributed by atoms with Crippen molar-refractivity contribution in [2.75, 3.05) is 5.32 Å². The van der Waals surface area contributed by atoms with Gasteiger partial charge in [-0.05, 0) is 30.0 Å². The molecule has 0 fully saturated rings. The second kappa shape index (κ2) is 4.94. The number of hydrogen-bond donors (Lipinski definition) is 1. The average molecular weight is 268 g/mol. The molecule has 0 heterocycles. The van der Waals surface area contributed by atoms with Crippen molar-refractivity contribution in [3.63, 3.8) is 0 Å². The SMILES string of the molecule is Cc1cccc(Nc2cccc3ccccc23)c1Cl. The molecule has 94 valence electrons. The molecule has 19 heavy (non-hydrogen) atoms. The van der Waals surface area contributed by atoms with Crippen molar-refractivity contribution in [2.45, 2.75) is 6.92 Å². The van der Waals surface area contributed by atoms with Crippen LogP contribution in [0.1, 0.15) is 5.56 Å². The van der Waals surface area contributed by atoms with E-state index >= 15 is 0 Å². The third-order valence-electron chi connectivity index (χ3n) is 3.25. The highest BCUT2D eigenvalue weighted by Gasteiger charge is 2.05. The number of fused-ring (bicyclic) bond motifs is 1. The number of anilines is 2. The first-order valence-electron chi connectivity index (χ1n) is 6.25. The molecule has 3 aromatic carbocycles. The lowest BCUT2D eigenvalue weighted by atomic mass is 10.1. The Kier molecular flexibility index (Phi) is 3.14. The maximum absolute atomic E-state index is 6.33. The molecule has 3 aromatic rings. The largest absolute Gasteiger partial charge is 0.354 e. The van der Waals surface area contributed by atoms with E-state index in [1.54, 1.807) is 0 Å². The van der Waals surface area contributed by atoms with Gasteiger partial charge in [0.25, 0.3) is 0 Å². The number of nitrogens with one attached hydrogen (secondary N) is 1. The van der Waals surface area contributed by atoms with Gasteiger partial charge in [0.2, 0.25) is 0 Å². The van der Waals surface area contributed by atoms with Crippen molar-refractivity contribution in [3.05, 3.63) is 71.2 Å². The van der Waals surface area contributed by atoms with E-state index in [0.29, 0.717) is 0 Å². The lowest BCUT2D eigenvalue weighted by Gasteiger charge is -2.12. The maximum atomic E-state index is 6.33. The van der Waals surface area contributed by atoms with Crippen molar-refractivity contribution in [3.8, 4) is 0 Å². The van der Waals surface area contributed by atoms with Gasteiger partial charge >= 0.3 is 0 Å². The second-order valence-electron chi connectivity index (χ2n) is 4.59. The Bertz CT molecular complexity index is 729. The van der Waals surface area contributed by atoms with Crippen LogP contribution in [0.15, 0.2) is 60.7 Å². The molecule has 1 N–H and O–H groups in total. The lowest BCUT2D eigenvalue weighted by Crippen LogP contribution is -1.93. The summed E-state index contributed by atoms with van der Waals surface area (Å²) < 4.78 is 0. The quantitative estimate of drug-likeness (QED) is 0.642. The lowest BCUT2D eigenvalue weighted by molar-refractivity contribution is 1.45. The topological polar surface area (TPSA) is 12.0 Å². The fourth-order valence-corrected chi connectivity index (χ4v) is 2.40. The predicted octanol–water partition coefficient (Wildman–Crippen LogP) is 5.55. The van der Waals surface area contributed by atoms with E-state index in [-0.39, 0.29) is 0 Å². The second-order valence-corrected chi connectivity index (χ2v) is 4.97. The van der Waals surface area contributed by atoms with Gasteiger partial charge in [0.1, 0.15) is 0 Å². The van der Waals surface area contributed by atoms with Crippen LogP contribution in [0.2, 0.25) is 5.02 Å². The third kappa shape index (κ3) is 2.29. The van der Waals surface area contributed by atoms with Gasteiger partial charge < -0.3 is 5.32 Å². The Morgan fingerprint density at radius 2 is 1.47 bits per heavy atom. The van der Waals surface area contributed by atoms with Crippen molar-refractivity contribution in [2.24, 2.45) is 0 Å². The van der Waals surface area contributed by atoms with E-state index < -0.39 is 0 Å². The molecule has 0 aromatic heterocycles. The summed E-state index contributed by atoms with van der Waals surface area (Å²) in [4.78, 5) is 0. The van der Waals surface area contributed by atoms with Gasteiger partial charge in [0.15, 0.2) is 0 Å². The summed E-state index contributed by atoms with van der Waals surface area (Å²) >= 11 is 6.33. The normalized spacial score (nSPS) is 10.6. The Morgan fingerprint density at radius 3 is 2.37 bits per heavy atom. The van der Waals surface area contributed by atoms with Crippen LogP contribution < -0.4 is 5.32 Å². The standard InChI is InChI=1S/C17H14ClN/c1-12-6-4-11-16(17(12)18)19-15-10-5-8-13-7-2-3-9-14(13)15/h2-11,19H,1H3. The minimum absolute atomic E-state index is 0.774. The molecule has 0 radical (unpaired) electrons. The molecule has 0 bridgehead atoms. The van der Waals surface area contributed by atoms with E-state index in [1.165, 1.54) is 10.8 Å². The zero-order valence-electron chi connectivity index (χ0n) is 10.7. The van der Waals surface area contributed by atoms with Crippen molar-refractivity contribution < 1.29 is 0 Å². The molecule has 0 aliphatic rings. The summed E-state index contributed by atoms with van der Waals surface area (Å²) in [6, 6.07) is 20.6. The van der Waals surface area contributed by atoms with Crippen LogP contribution >= 0.6 is 11.6 Å². The van der Waals surface area contributed by atoms with Crippen LogP contribution in [0.4, 0.5) is 11.4 Å². The first-order chi connectivity index (χ1) is 9.25. The highest BCUT2D eigenvalue weighted by molar-refractivity contribution is 6.34. The van der Waals surface area contributed by atoms with E-state index in [0.717, 1.165) is 22.0 Å². The van der Waals surface area contributed by atoms with Gasteiger partial charge in [-0.2, -0.15) is 0 Å². The Balaban J connectivity index is 2.09. The van der Waals surface area contributed by atoms with Crippen LogP contribution in [0.5, 0.6) is 0 Å². The molecular weight excluding hydrogens is 254 g/mol. The maximum Gasteiger partial charge on any atom is 0.0670 e. The number of aryl methyl sites for hydroxylation is 1. The van der Waals surface area contributed by atoms with Gasteiger partial charge in [-0.15, -0.1) is 0 Å². The predicted molar refractivity (Wildman–Crippen MR) is 83.4 cm³/mol. The summed E-state index contributed by atoms with van der Waals surface area (Å²) in [7, 11) is 0. The molecule has 0 aliphatic heterocycles. The molecule has 0 amide bonds. The van der Waals surface area contributed by atoms with E-state index in [9.17, 15) is 0 Å². The fraction of sp³-hybridized carbons (Fsp3) is 0.0588. The van der Waals surface area contributed by atoms with Crippen LogP contribution in [-0.4, -0.2) is 0 Å². The van der Waals surface area contributed by atoms with E-state index in [2.05, 4.69) is 29.6 Å². The first kappa shape index (κ1) is 12.1. The van der Waals surface area contributed by atoms with E-state index in [1.807, 2.05) is 43.3 Å². The number of hydrogen-bond acceptors (Lipinski definition) is 1. The van der Waals surface area contributed by atoms with Crippen molar-refractivity contribution in [1.82, 2.24) is 0 Å². The zero-order valence-corrected chi connectivity index (χ0v) is 11.4. The monoisotopic (exact) mass is 267 g/mol. The Labute approximate surface area is 117 Å². The molecule has 2 heteroatoms. The van der Waals surface area contributed by atoms with Gasteiger partial charge in [0, 0.05) is 11.1 Å². The van der Waals surface area contributed by atoms with Gasteiger partial charge in [-0.3, -0.25) is 0 Å². The fourth-order valence-electron chi connectivity index (χ4n) is 2.22. The molecule has 0 saturated carbocycles. The highest BCUT2D eigenvalue weighted by Crippen LogP contribution is 2.31. The van der Waals surface area contributed by atoms with Crippen molar-refractivity contribution >= 4 is 33.7 Å². The molecule has 1 nitrogen and oxygen atoms in total. The first-order valence-corrected chi connectivity index (χ1v) is 6.63.